The van der Waals surface area contributed by atoms with Crippen LogP contribution in [0.15, 0.2) is 48.5 Å². The van der Waals surface area contributed by atoms with Gasteiger partial charge >= 0.3 is 0 Å². The molecule has 0 aliphatic heterocycles. The molecule has 0 radical (unpaired) electrons. The van der Waals surface area contributed by atoms with E-state index in [9.17, 15) is 14.4 Å². The fourth-order valence-corrected chi connectivity index (χ4v) is 2.65. The van der Waals surface area contributed by atoms with E-state index in [2.05, 4.69) is 16.0 Å². The van der Waals surface area contributed by atoms with Gasteiger partial charge in [0.15, 0.2) is 0 Å². The molecule has 0 aliphatic rings. The third kappa shape index (κ3) is 6.54. The molecule has 0 saturated heterocycles. The predicted molar refractivity (Wildman–Crippen MR) is 110 cm³/mol. The van der Waals surface area contributed by atoms with Gasteiger partial charge in [0.2, 0.25) is 11.8 Å². The van der Waals surface area contributed by atoms with Gasteiger partial charge in [-0.3, -0.25) is 14.4 Å². The second-order valence-electron chi connectivity index (χ2n) is 7.15. The molecule has 2 aromatic rings. The average molecular weight is 381 g/mol. The molecule has 0 heterocycles. The lowest BCUT2D eigenvalue weighted by atomic mass is 10.1. The van der Waals surface area contributed by atoms with E-state index in [0.29, 0.717) is 11.3 Å². The average Bonchev–Trinajstić information content (AvgIpc) is 2.62. The summed E-state index contributed by atoms with van der Waals surface area (Å²) in [5.41, 5.74) is 2.96. The highest BCUT2D eigenvalue weighted by molar-refractivity contribution is 6.01. The molecule has 2 aromatic carbocycles. The summed E-state index contributed by atoms with van der Waals surface area (Å²) in [6.07, 6.45) is 0.287. The minimum atomic E-state index is -0.690. The van der Waals surface area contributed by atoms with Crippen LogP contribution < -0.4 is 16.0 Å². The van der Waals surface area contributed by atoms with Crippen molar-refractivity contribution < 1.29 is 14.4 Å². The molecule has 3 amide bonds. The van der Waals surface area contributed by atoms with Gasteiger partial charge in [-0.05, 0) is 57.5 Å². The monoisotopic (exact) mass is 381 g/mol. The zero-order chi connectivity index (χ0) is 20.7. The number of carbonyl (C=O) groups excluding carboxylic acids is 3. The highest BCUT2D eigenvalue weighted by Gasteiger charge is 2.17. The van der Waals surface area contributed by atoms with Gasteiger partial charge in [-0.15, -0.1) is 0 Å². The molecule has 0 aromatic heterocycles. The Kier molecular flexibility index (Phi) is 7.32. The van der Waals surface area contributed by atoms with Crippen molar-refractivity contribution in [1.82, 2.24) is 10.6 Å². The van der Waals surface area contributed by atoms with Crippen LogP contribution in [0, 0.1) is 6.92 Å². The van der Waals surface area contributed by atoms with Gasteiger partial charge in [-0.1, -0.05) is 29.8 Å². The molecule has 3 N–H and O–H groups in total. The number of aryl methyl sites for hydroxylation is 1. The standard InChI is InChI=1S/C22H27N3O3/c1-14(2)23-20(26)13-17-8-10-19(11-9-17)25-21(27)16(4)24-22(28)18-7-5-6-15(3)12-18/h5-12,14,16H,13H2,1-4H3,(H,23,26)(H,24,28)(H,25,27). The van der Waals surface area contributed by atoms with E-state index < -0.39 is 6.04 Å². The van der Waals surface area contributed by atoms with Gasteiger partial charge < -0.3 is 16.0 Å². The van der Waals surface area contributed by atoms with E-state index in [1.807, 2.05) is 26.8 Å². The van der Waals surface area contributed by atoms with Crippen molar-refractivity contribution in [3.63, 3.8) is 0 Å². The Balaban J connectivity index is 1.89. The molecule has 28 heavy (non-hydrogen) atoms. The van der Waals surface area contributed by atoms with E-state index in [-0.39, 0.29) is 30.2 Å². The SMILES string of the molecule is Cc1cccc(C(=O)NC(C)C(=O)Nc2ccc(CC(=O)NC(C)C)cc2)c1. The molecule has 2 rings (SSSR count). The Morgan fingerprint density at radius 2 is 1.61 bits per heavy atom. The number of carbonyl (C=O) groups is 3. The van der Waals surface area contributed by atoms with E-state index in [4.69, 9.17) is 0 Å². The number of nitrogens with one attached hydrogen (secondary N) is 3. The number of rotatable bonds is 7. The van der Waals surface area contributed by atoms with Gasteiger partial charge in [0.1, 0.15) is 6.04 Å². The Labute approximate surface area is 165 Å². The highest BCUT2D eigenvalue weighted by Crippen LogP contribution is 2.11. The number of hydrogen-bond donors (Lipinski definition) is 3. The molecular weight excluding hydrogens is 354 g/mol. The number of benzene rings is 2. The van der Waals surface area contributed by atoms with E-state index >= 15 is 0 Å². The Hall–Kier alpha value is -3.15. The first-order chi connectivity index (χ1) is 13.2. The summed E-state index contributed by atoms with van der Waals surface area (Å²) >= 11 is 0. The Morgan fingerprint density at radius 3 is 2.21 bits per heavy atom. The van der Waals surface area contributed by atoms with Crippen LogP contribution in [0.3, 0.4) is 0 Å². The molecule has 6 heteroatoms. The van der Waals surface area contributed by atoms with Crippen molar-refractivity contribution in [1.29, 1.82) is 0 Å². The molecule has 1 unspecified atom stereocenters. The summed E-state index contributed by atoms with van der Waals surface area (Å²) < 4.78 is 0. The first-order valence-electron chi connectivity index (χ1n) is 9.31. The molecule has 0 aliphatic carbocycles. The highest BCUT2D eigenvalue weighted by atomic mass is 16.2. The van der Waals surface area contributed by atoms with Crippen molar-refractivity contribution in [3.05, 3.63) is 65.2 Å². The molecule has 0 spiro atoms. The first-order valence-corrected chi connectivity index (χ1v) is 9.31. The lowest BCUT2D eigenvalue weighted by molar-refractivity contribution is -0.121. The van der Waals surface area contributed by atoms with Crippen LogP contribution in [0.2, 0.25) is 0 Å². The van der Waals surface area contributed by atoms with Crippen molar-refractivity contribution in [2.45, 2.75) is 46.2 Å². The number of amides is 3. The largest absolute Gasteiger partial charge is 0.354 e. The van der Waals surface area contributed by atoms with Crippen LogP contribution in [0.25, 0.3) is 0 Å². The van der Waals surface area contributed by atoms with Crippen molar-refractivity contribution in [2.24, 2.45) is 0 Å². The minimum Gasteiger partial charge on any atom is -0.354 e. The minimum absolute atomic E-state index is 0.0423. The Bertz CT molecular complexity index is 844. The molecular formula is C22H27N3O3. The fourth-order valence-electron chi connectivity index (χ4n) is 2.65. The first kappa shape index (κ1) is 21.2. The van der Waals surface area contributed by atoms with Crippen molar-refractivity contribution in [2.75, 3.05) is 5.32 Å². The fraction of sp³-hybridized carbons (Fsp3) is 0.318. The van der Waals surface area contributed by atoms with Gasteiger partial charge in [0, 0.05) is 17.3 Å². The molecule has 0 saturated carbocycles. The summed E-state index contributed by atoms with van der Waals surface area (Å²) in [5, 5.41) is 8.30. The lowest BCUT2D eigenvalue weighted by Gasteiger charge is -2.15. The van der Waals surface area contributed by atoms with Crippen molar-refractivity contribution in [3.8, 4) is 0 Å². The van der Waals surface area contributed by atoms with Crippen molar-refractivity contribution >= 4 is 23.4 Å². The van der Waals surface area contributed by atoms with Crippen LogP contribution >= 0.6 is 0 Å². The quantitative estimate of drug-likeness (QED) is 0.689. The van der Waals surface area contributed by atoms with Crippen LogP contribution in [0.5, 0.6) is 0 Å². The summed E-state index contributed by atoms with van der Waals surface area (Å²) in [6, 6.07) is 13.7. The topological polar surface area (TPSA) is 87.3 Å². The van der Waals surface area contributed by atoms with Gasteiger partial charge in [-0.2, -0.15) is 0 Å². The maximum Gasteiger partial charge on any atom is 0.251 e. The number of hydrogen-bond acceptors (Lipinski definition) is 3. The van der Waals surface area contributed by atoms with E-state index in [0.717, 1.165) is 11.1 Å². The summed E-state index contributed by atoms with van der Waals surface area (Å²) in [5.74, 6) is -0.650. The van der Waals surface area contributed by atoms with Crippen LogP contribution in [-0.2, 0) is 16.0 Å². The van der Waals surface area contributed by atoms with Crippen LogP contribution in [0.4, 0.5) is 5.69 Å². The normalized spacial score (nSPS) is 11.6. The van der Waals surface area contributed by atoms with Gasteiger partial charge in [0.05, 0.1) is 6.42 Å². The zero-order valence-electron chi connectivity index (χ0n) is 16.7. The summed E-state index contributed by atoms with van der Waals surface area (Å²) in [6.45, 7) is 7.36. The zero-order valence-corrected chi connectivity index (χ0v) is 16.7. The van der Waals surface area contributed by atoms with E-state index in [1.165, 1.54) is 0 Å². The third-order valence-electron chi connectivity index (χ3n) is 4.06. The molecule has 6 nitrogen and oxygen atoms in total. The Morgan fingerprint density at radius 1 is 0.929 bits per heavy atom. The van der Waals surface area contributed by atoms with Crippen LogP contribution in [-0.4, -0.2) is 29.8 Å². The second-order valence-corrected chi connectivity index (χ2v) is 7.15. The maximum atomic E-state index is 12.3. The lowest BCUT2D eigenvalue weighted by Crippen LogP contribution is -2.41. The van der Waals surface area contributed by atoms with Crippen LogP contribution in [0.1, 0.15) is 42.3 Å². The molecule has 148 valence electrons. The smallest absolute Gasteiger partial charge is 0.251 e. The van der Waals surface area contributed by atoms with Gasteiger partial charge in [0.25, 0.3) is 5.91 Å². The second kappa shape index (κ2) is 9.69. The number of anilines is 1. The summed E-state index contributed by atoms with van der Waals surface area (Å²) in [4.78, 5) is 36.4. The molecule has 0 fully saturated rings. The molecule has 0 bridgehead atoms. The van der Waals surface area contributed by atoms with Gasteiger partial charge in [-0.25, -0.2) is 0 Å². The molecule has 1 atom stereocenters. The third-order valence-corrected chi connectivity index (χ3v) is 4.06. The maximum absolute atomic E-state index is 12.3. The predicted octanol–water partition coefficient (Wildman–Crippen LogP) is 2.82. The van der Waals surface area contributed by atoms with E-state index in [1.54, 1.807) is 49.4 Å². The summed E-state index contributed by atoms with van der Waals surface area (Å²) in [7, 11) is 0.